The number of aryl methyl sites for hydroxylation is 4. The molecule has 152 valence electrons. The van der Waals surface area contributed by atoms with Crippen LogP contribution in [-0.4, -0.2) is 25.5 Å². The van der Waals surface area contributed by atoms with Gasteiger partial charge in [0.15, 0.2) is 5.82 Å². The summed E-state index contributed by atoms with van der Waals surface area (Å²) in [5.41, 5.74) is 6.44. The molecule has 0 unspecified atom stereocenters. The molecule has 2 aromatic carbocycles. The van der Waals surface area contributed by atoms with E-state index in [-0.39, 0.29) is 12.3 Å². The molecule has 0 radical (unpaired) electrons. The SMILES string of the molecule is Cc1ccc(NC(=O)Cc2c(C)nc3nc(-c4ccc(Cl)cc4)nn3c2C)cc1C. The summed E-state index contributed by atoms with van der Waals surface area (Å²) in [6, 6.07) is 13.2. The summed E-state index contributed by atoms with van der Waals surface area (Å²) >= 11 is 5.97. The molecule has 1 N–H and O–H groups in total. The molecule has 0 saturated carbocycles. The molecular weight excluding hydrogens is 398 g/mol. The molecule has 7 heteroatoms. The van der Waals surface area contributed by atoms with E-state index in [2.05, 4.69) is 20.4 Å². The largest absolute Gasteiger partial charge is 0.326 e. The van der Waals surface area contributed by atoms with Crippen molar-refractivity contribution in [1.29, 1.82) is 0 Å². The summed E-state index contributed by atoms with van der Waals surface area (Å²) in [7, 11) is 0. The van der Waals surface area contributed by atoms with Crippen LogP contribution in [0.15, 0.2) is 42.5 Å². The Morgan fingerprint density at radius 3 is 2.43 bits per heavy atom. The minimum atomic E-state index is -0.0938. The Morgan fingerprint density at radius 1 is 1.00 bits per heavy atom. The fourth-order valence-corrected chi connectivity index (χ4v) is 3.50. The summed E-state index contributed by atoms with van der Waals surface area (Å²) < 4.78 is 1.69. The predicted octanol–water partition coefficient (Wildman–Crippen LogP) is 4.86. The van der Waals surface area contributed by atoms with Gasteiger partial charge in [0, 0.05) is 33.2 Å². The number of nitrogens with zero attached hydrogens (tertiary/aromatic N) is 4. The van der Waals surface area contributed by atoms with E-state index < -0.39 is 0 Å². The van der Waals surface area contributed by atoms with Gasteiger partial charge < -0.3 is 5.32 Å². The van der Waals surface area contributed by atoms with Gasteiger partial charge in [-0.25, -0.2) is 9.50 Å². The lowest BCUT2D eigenvalue weighted by atomic mass is 10.1. The smallest absolute Gasteiger partial charge is 0.253 e. The lowest BCUT2D eigenvalue weighted by Gasteiger charge is -2.11. The number of carbonyl (C=O) groups excluding carboxylic acids is 1. The first-order valence-corrected chi connectivity index (χ1v) is 10.1. The Bertz CT molecular complexity index is 1260. The van der Waals surface area contributed by atoms with E-state index in [4.69, 9.17) is 11.6 Å². The molecule has 0 aliphatic rings. The van der Waals surface area contributed by atoms with Crippen molar-refractivity contribution >= 4 is 29.0 Å². The number of hydrogen-bond acceptors (Lipinski definition) is 4. The van der Waals surface area contributed by atoms with Gasteiger partial charge in [-0.2, -0.15) is 4.98 Å². The van der Waals surface area contributed by atoms with Crippen molar-refractivity contribution in [3.8, 4) is 11.4 Å². The van der Waals surface area contributed by atoms with Gasteiger partial charge in [-0.15, -0.1) is 5.10 Å². The van der Waals surface area contributed by atoms with Crippen molar-refractivity contribution < 1.29 is 4.79 Å². The van der Waals surface area contributed by atoms with E-state index in [1.807, 2.05) is 58.0 Å². The first-order chi connectivity index (χ1) is 14.3. The van der Waals surface area contributed by atoms with Crippen molar-refractivity contribution in [2.75, 3.05) is 5.32 Å². The maximum absolute atomic E-state index is 12.7. The number of anilines is 1. The summed E-state index contributed by atoms with van der Waals surface area (Å²) in [6.07, 6.45) is 0.212. The van der Waals surface area contributed by atoms with E-state index in [1.54, 1.807) is 16.6 Å². The van der Waals surface area contributed by atoms with Gasteiger partial charge in [0.25, 0.3) is 5.78 Å². The van der Waals surface area contributed by atoms with Crippen LogP contribution in [0, 0.1) is 27.7 Å². The van der Waals surface area contributed by atoms with Crippen molar-refractivity contribution in [1.82, 2.24) is 19.6 Å². The number of benzene rings is 2. The first kappa shape index (κ1) is 20.0. The highest BCUT2D eigenvalue weighted by Gasteiger charge is 2.17. The summed E-state index contributed by atoms with van der Waals surface area (Å²) in [4.78, 5) is 21.8. The average Bonchev–Trinajstić information content (AvgIpc) is 3.12. The predicted molar refractivity (Wildman–Crippen MR) is 119 cm³/mol. The van der Waals surface area contributed by atoms with Crippen LogP contribution in [-0.2, 0) is 11.2 Å². The summed E-state index contributed by atoms with van der Waals surface area (Å²) in [5, 5.41) is 8.22. The van der Waals surface area contributed by atoms with Gasteiger partial charge >= 0.3 is 0 Å². The van der Waals surface area contributed by atoms with Crippen molar-refractivity contribution in [2.24, 2.45) is 0 Å². The topological polar surface area (TPSA) is 72.2 Å². The second-order valence-corrected chi connectivity index (χ2v) is 7.88. The Labute approximate surface area is 179 Å². The molecule has 0 fully saturated rings. The molecule has 0 bridgehead atoms. The highest BCUT2D eigenvalue weighted by molar-refractivity contribution is 6.30. The molecule has 0 saturated heterocycles. The van der Waals surface area contributed by atoms with Crippen LogP contribution in [0.4, 0.5) is 5.69 Å². The molecule has 0 atom stereocenters. The van der Waals surface area contributed by atoms with Crippen LogP contribution in [0.5, 0.6) is 0 Å². The second kappa shape index (κ2) is 7.88. The molecule has 0 aliphatic carbocycles. The minimum Gasteiger partial charge on any atom is -0.326 e. The quantitative estimate of drug-likeness (QED) is 0.512. The third-order valence-corrected chi connectivity index (χ3v) is 5.53. The van der Waals surface area contributed by atoms with Crippen LogP contribution in [0.3, 0.4) is 0 Å². The van der Waals surface area contributed by atoms with Crippen LogP contribution in [0.2, 0.25) is 5.02 Å². The van der Waals surface area contributed by atoms with E-state index in [1.165, 1.54) is 5.56 Å². The molecule has 1 amide bonds. The Kier molecular flexibility index (Phi) is 5.26. The van der Waals surface area contributed by atoms with E-state index >= 15 is 0 Å². The number of aromatic nitrogens is 4. The fourth-order valence-electron chi connectivity index (χ4n) is 3.37. The van der Waals surface area contributed by atoms with E-state index in [0.29, 0.717) is 16.6 Å². The third-order valence-electron chi connectivity index (χ3n) is 5.28. The number of rotatable bonds is 4. The molecule has 0 aliphatic heterocycles. The molecule has 2 aromatic heterocycles. The summed E-state index contributed by atoms with van der Waals surface area (Å²) in [6.45, 7) is 7.90. The number of carbonyl (C=O) groups is 1. The maximum atomic E-state index is 12.7. The summed E-state index contributed by atoms with van der Waals surface area (Å²) in [5.74, 6) is 0.982. The molecule has 6 nitrogen and oxygen atoms in total. The number of nitrogens with one attached hydrogen (secondary N) is 1. The fraction of sp³-hybridized carbons (Fsp3) is 0.217. The van der Waals surface area contributed by atoms with E-state index in [0.717, 1.165) is 33.8 Å². The van der Waals surface area contributed by atoms with Gasteiger partial charge in [-0.3, -0.25) is 4.79 Å². The number of amides is 1. The van der Waals surface area contributed by atoms with Gasteiger partial charge in [-0.05, 0) is 75.2 Å². The van der Waals surface area contributed by atoms with Gasteiger partial charge in [-0.1, -0.05) is 17.7 Å². The zero-order valence-corrected chi connectivity index (χ0v) is 18.1. The minimum absolute atomic E-state index is 0.0938. The molecule has 4 aromatic rings. The van der Waals surface area contributed by atoms with Crippen LogP contribution in [0.25, 0.3) is 17.2 Å². The zero-order chi connectivity index (χ0) is 21.4. The molecule has 0 spiro atoms. The Hall–Kier alpha value is -3.25. The standard InChI is InChI=1S/C23H22ClN5O/c1-13-5-10-19(11-14(13)2)26-21(30)12-20-15(3)25-23-27-22(28-29(23)16(20)4)17-6-8-18(24)9-7-17/h5-11H,12H2,1-4H3,(H,26,30). The van der Waals surface area contributed by atoms with Gasteiger partial charge in [0.05, 0.1) is 6.42 Å². The Morgan fingerprint density at radius 2 is 1.73 bits per heavy atom. The van der Waals surface area contributed by atoms with E-state index in [9.17, 15) is 4.79 Å². The van der Waals surface area contributed by atoms with Crippen molar-refractivity contribution in [2.45, 2.75) is 34.1 Å². The van der Waals surface area contributed by atoms with Crippen LogP contribution >= 0.6 is 11.6 Å². The van der Waals surface area contributed by atoms with Gasteiger partial charge in [0.1, 0.15) is 0 Å². The maximum Gasteiger partial charge on any atom is 0.253 e. The number of hydrogen-bond donors (Lipinski definition) is 1. The second-order valence-electron chi connectivity index (χ2n) is 7.44. The molecule has 4 rings (SSSR count). The van der Waals surface area contributed by atoms with Gasteiger partial charge in [0.2, 0.25) is 5.91 Å². The number of fused-ring (bicyclic) bond motifs is 1. The van der Waals surface area contributed by atoms with Crippen molar-refractivity contribution in [3.63, 3.8) is 0 Å². The zero-order valence-electron chi connectivity index (χ0n) is 17.3. The normalized spacial score (nSPS) is 11.1. The lowest BCUT2D eigenvalue weighted by Crippen LogP contribution is -2.18. The van der Waals surface area contributed by atoms with Crippen LogP contribution in [0.1, 0.15) is 28.1 Å². The molecular formula is C23H22ClN5O. The van der Waals surface area contributed by atoms with Crippen molar-refractivity contribution in [3.05, 3.63) is 75.6 Å². The highest BCUT2D eigenvalue weighted by Crippen LogP contribution is 2.21. The average molecular weight is 420 g/mol. The van der Waals surface area contributed by atoms with Crippen LogP contribution < -0.4 is 5.32 Å². The lowest BCUT2D eigenvalue weighted by molar-refractivity contribution is -0.115. The first-order valence-electron chi connectivity index (χ1n) is 9.67. The highest BCUT2D eigenvalue weighted by atomic mass is 35.5. The number of halogens is 1. The third kappa shape index (κ3) is 3.91. The molecule has 30 heavy (non-hydrogen) atoms. The molecule has 2 heterocycles. The Balaban J connectivity index is 1.63. The monoisotopic (exact) mass is 419 g/mol.